The minimum atomic E-state index is -0.984. The number of ether oxygens (including phenoxy) is 2. The molecule has 3 atom stereocenters. The van der Waals surface area contributed by atoms with Crippen LogP contribution in [0.3, 0.4) is 0 Å². The monoisotopic (exact) mass is 610 g/mol. The number of hydrogen-bond acceptors (Lipinski definition) is 10. The Morgan fingerprint density at radius 2 is 1.37 bits per heavy atom. The molecule has 0 aromatic heterocycles. The average Bonchev–Trinajstić information content (AvgIpc) is 2.92. The molecule has 2 rings (SSSR count). The van der Waals surface area contributed by atoms with Crippen LogP contribution in [0.2, 0.25) is 0 Å². The summed E-state index contributed by atoms with van der Waals surface area (Å²) >= 11 is 0. The highest BCUT2D eigenvalue weighted by molar-refractivity contribution is 5.83. The Morgan fingerprint density at radius 1 is 0.791 bits per heavy atom. The van der Waals surface area contributed by atoms with Gasteiger partial charge in [-0.25, -0.2) is 0 Å². The predicted octanol–water partition coefficient (Wildman–Crippen LogP) is 1.29. The lowest BCUT2D eigenvalue weighted by molar-refractivity contribution is -0.153. The van der Waals surface area contributed by atoms with Crippen LogP contribution in [0, 0.1) is 5.92 Å². The number of carbonyl (C=O) groups is 4. The Bertz CT molecular complexity index is 903. The van der Waals surface area contributed by atoms with Gasteiger partial charge in [-0.2, -0.15) is 0 Å². The summed E-state index contributed by atoms with van der Waals surface area (Å²) in [5.74, 6) is -1.06. The third-order valence-electron chi connectivity index (χ3n) is 7.73. The molecule has 12 heteroatoms. The Kier molecular flexibility index (Phi) is 14.8. The lowest BCUT2D eigenvalue weighted by Crippen LogP contribution is -2.57. The number of nitrogens with zero attached hydrogens (tertiary/aromatic N) is 2. The van der Waals surface area contributed by atoms with Crippen molar-refractivity contribution in [3.05, 3.63) is 0 Å². The van der Waals surface area contributed by atoms with Crippen molar-refractivity contribution in [1.82, 2.24) is 20.4 Å². The van der Waals surface area contributed by atoms with E-state index in [2.05, 4.69) is 20.4 Å². The maximum absolute atomic E-state index is 12.9. The second kappa shape index (κ2) is 17.3. The summed E-state index contributed by atoms with van der Waals surface area (Å²) < 4.78 is 11.1. The largest absolute Gasteiger partial charge is 0.463 e. The zero-order chi connectivity index (χ0) is 32.2. The summed E-state index contributed by atoms with van der Waals surface area (Å²) in [5, 5.41) is 5.68. The second-order valence-corrected chi connectivity index (χ2v) is 14.3. The number of nitrogens with one attached hydrogen (secondary N) is 2. The molecule has 0 saturated carbocycles. The minimum absolute atomic E-state index is 0.152. The average molecular weight is 611 g/mol. The van der Waals surface area contributed by atoms with Crippen LogP contribution in [-0.2, 0) is 28.7 Å². The van der Waals surface area contributed by atoms with Gasteiger partial charge >= 0.3 is 11.9 Å². The molecule has 2 aliphatic heterocycles. The van der Waals surface area contributed by atoms with Gasteiger partial charge in [-0.1, -0.05) is 6.42 Å². The normalized spacial score (nSPS) is 19.6. The van der Waals surface area contributed by atoms with E-state index in [0.717, 1.165) is 51.9 Å². The Morgan fingerprint density at radius 3 is 1.95 bits per heavy atom. The van der Waals surface area contributed by atoms with Gasteiger partial charge in [0.15, 0.2) is 0 Å². The first-order chi connectivity index (χ1) is 20.0. The number of amides is 2. The smallest absolute Gasteiger partial charge is 0.307 e. The van der Waals surface area contributed by atoms with E-state index in [0.29, 0.717) is 25.4 Å². The minimum Gasteiger partial charge on any atom is -0.463 e. The summed E-state index contributed by atoms with van der Waals surface area (Å²) in [4.78, 5) is 54.5. The van der Waals surface area contributed by atoms with Crippen molar-refractivity contribution in [2.45, 2.75) is 122 Å². The zero-order valence-corrected chi connectivity index (χ0v) is 27.4. The van der Waals surface area contributed by atoms with Gasteiger partial charge in [-0.05, 0) is 106 Å². The molecular weight excluding hydrogens is 552 g/mol. The Labute approximate surface area is 258 Å². The molecule has 1 unspecified atom stereocenters. The summed E-state index contributed by atoms with van der Waals surface area (Å²) in [5.41, 5.74) is 11.4. The van der Waals surface area contributed by atoms with Crippen molar-refractivity contribution in [2.75, 3.05) is 45.9 Å². The maximum atomic E-state index is 12.9. The van der Waals surface area contributed by atoms with E-state index >= 15 is 0 Å². The number of nitrogens with two attached hydrogens (primary N) is 2. The van der Waals surface area contributed by atoms with E-state index in [1.54, 1.807) is 0 Å². The van der Waals surface area contributed by atoms with Gasteiger partial charge in [0, 0.05) is 30.6 Å². The second-order valence-electron chi connectivity index (χ2n) is 14.3. The van der Waals surface area contributed by atoms with Crippen LogP contribution in [-0.4, -0.2) is 109 Å². The molecule has 248 valence electrons. The summed E-state index contributed by atoms with van der Waals surface area (Å²) in [6.45, 7) is 15.6. The fourth-order valence-electron chi connectivity index (χ4n) is 5.33. The summed E-state index contributed by atoms with van der Waals surface area (Å²) in [6, 6.07) is -1.89. The molecule has 2 fully saturated rings. The van der Waals surface area contributed by atoms with Gasteiger partial charge in [0.25, 0.3) is 0 Å². The number of likely N-dealkylation sites (tertiary alicyclic amines) is 2. The number of esters is 2. The van der Waals surface area contributed by atoms with E-state index in [-0.39, 0.29) is 43.2 Å². The van der Waals surface area contributed by atoms with Gasteiger partial charge in [-0.15, -0.1) is 0 Å². The van der Waals surface area contributed by atoms with Crippen LogP contribution in [0.25, 0.3) is 0 Å². The van der Waals surface area contributed by atoms with Crippen LogP contribution < -0.4 is 22.1 Å². The molecule has 2 aliphatic rings. The molecular formula is C31H58N6O6. The van der Waals surface area contributed by atoms with Gasteiger partial charge in [0.05, 0.1) is 6.42 Å². The standard InChI is InChI=1S/C31H58N6O6/c1-30(2,3)34-28(40)23(32)21-42-25(38)11-10-22-12-17-37(18-13-22)20-24(27(33)29(41)35-31(4,5)6)43-26(39)14-19-36-15-8-7-9-16-36/h22-24,27H,7-21,32-33H2,1-6H3,(H,34,40)(H,35,41)/t23-,24?,27-/m0/s1. The van der Waals surface area contributed by atoms with E-state index in [9.17, 15) is 19.2 Å². The van der Waals surface area contributed by atoms with E-state index in [1.165, 1.54) is 6.42 Å². The summed E-state index contributed by atoms with van der Waals surface area (Å²) in [7, 11) is 0. The lowest BCUT2D eigenvalue weighted by atomic mass is 9.92. The fourth-order valence-corrected chi connectivity index (χ4v) is 5.33. The van der Waals surface area contributed by atoms with Gasteiger partial charge < -0.3 is 36.5 Å². The quantitative estimate of drug-likeness (QED) is 0.210. The molecule has 2 heterocycles. The van der Waals surface area contributed by atoms with E-state index < -0.39 is 29.3 Å². The zero-order valence-electron chi connectivity index (χ0n) is 27.4. The molecule has 0 radical (unpaired) electrons. The number of hydrogen-bond donors (Lipinski definition) is 4. The van der Waals surface area contributed by atoms with Crippen molar-refractivity contribution < 1.29 is 28.7 Å². The van der Waals surface area contributed by atoms with Crippen LogP contribution in [0.1, 0.15) is 92.9 Å². The van der Waals surface area contributed by atoms with Crippen molar-refractivity contribution in [1.29, 1.82) is 0 Å². The Balaban J connectivity index is 1.81. The van der Waals surface area contributed by atoms with E-state index in [1.807, 2.05) is 41.5 Å². The van der Waals surface area contributed by atoms with Crippen molar-refractivity contribution >= 4 is 23.8 Å². The van der Waals surface area contributed by atoms with Crippen LogP contribution in [0.15, 0.2) is 0 Å². The first-order valence-corrected chi connectivity index (χ1v) is 16.0. The third kappa shape index (κ3) is 15.3. The van der Waals surface area contributed by atoms with Gasteiger partial charge in [0.2, 0.25) is 11.8 Å². The first-order valence-electron chi connectivity index (χ1n) is 16.0. The van der Waals surface area contributed by atoms with Crippen molar-refractivity contribution in [2.24, 2.45) is 17.4 Å². The molecule has 0 bridgehead atoms. The highest BCUT2D eigenvalue weighted by Crippen LogP contribution is 2.23. The fraction of sp³-hybridized carbons (Fsp3) is 0.871. The lowest BCUT2D eigenvalue weighted by Gasteiger charge is -2.36. The molecule has 0 aliphatic carbocycles. The molecule has 43 heavy (non-hydrogen) atoms. The Hall–Kier alpha value is -2.28. The number of piperidine rings is 2. The SMILES string of the molecule is CC(C)(C)NC(=O)[C@@H](N)C(CN1CCC(CCC(=O)OC[C@H](N)C(=O)NC(C)(C)C)CC1)OC(=O)CCN1CCCCC1. The molecule has 0 aromatic rings. The highest BCUT2D eigenvalue weighted by Gasteiger charge is 2.33. The van der Waals surface area contributed by atoms with Crippen molar-refractivity contribution in [3.8, 4) is 0 Å². The van der Waals surface area contributed by atoms with Gasteiger partial charge in [-0.3, -0.25) is 24.1 Å². The molecule has 0 aromatic carbocycles. The molecule has 6 N–H and O–H groups in total. The predicted molar refractivity (Wildman–Crippen MR) is 166 cm³/mol. The maximum Gasteiger partial charge on any atom is 0.307 e. The van der Waals surface area contributed by atoms with Crippen LogP contribution in [0.4, 0.5) is 0 Å². The summed E-state index contributed by atoms with van der Waals surface area (Å²) in [6.07, 6.45) is 5.70. The third-order valence-corrected chi connectivity index (χ3v) is 7.73. The molecule has 12 nitrogen and oxygen atoms in total. The molecule has 2 saturated heterocycles. The van der Waals surface area contributed by atoms with E-state index in [4.69, 9.17) is 20.9 Å². The van der Waals surface area contributed by atoms with Crippen LogP contribution in [0.5, 0.6) is 0 Å². The first kappa shape index (κ1) is 36.9. The number of rotatable bonds is 14. The topological polar surface area (TPSA) is 169 Å². The highest BCUT2D eigenvalue weighted by atomic mass is 16.5. The molecule has 0 spiro atoms. The van der Waals surface area contributed by atoms with Gasteiger partial charge in [0.1, 0.15) is 24.8 Å². The van der Waals surface area contributed by atoms with Crippen molar-refractivity contribution in [3.63, 3.8) is 0 Å². The number of carbonyl (C=O) groups excluding carboxylic acids is 4. The molecule has 2 amide bonds. The van der Waals surface area contributed by atoms with Crippen LogP contribution >= 0.6 is 0 Å².